The van der Waals surface area contributed by atoms with E-state index in [0.717, 1.165) is 6.42 Å². The lowest BCUT2D eigenvalue weighted by Crippen LogP contribution is -1.87. The van der Waals surface area contributed by atoms with E-state index in [-0.39, 0.29) is 0 Å². The molecule has 0 unspecified atom stereocenters. The van der Waals surface area contributed by atoms with Gasteiger partial charge in [-0.2, -0.15) is 0 Å². The molecule has 3 aromatic rings. The smallest absolute Gasteiger partial charge is 0.00707 e. The average molecular weight is 220 g/mol. The van der Waals surface area contributed by atoms with Gasteiger partial charge in [0.2, 0.25) is 0 Å². The van der Waals surface area contributed by atoms with Crippen LogP contribution in [0, 0.1) is 6.92 Å². The minimum atomic E-state index is 1.09. The van der Waals surface area contributed by atoms with Crippen LogP contribution in [0.2, 0.25) is 0 Å². The van der Waals surface area contributed by atoms with E-state index in [1.807, 2.05) is 0 Å². The van der Waals surface area contributed by atoms with E-state index >= 15 is 0 Å². The van der Waals surface area contributed by atoms with Crippen molar-refractivity contribution in [1.82, 2.24) is 0 Å². The molecule has 17 heavy (non-hydrogen) atoms. The van der Waals surface area contributed by atoms with Crippen LogP contribution in [0.3, 0.4) is 0 Å². The van der Waals surface area contributed by atoms with Gasteiger partial charge in [0.25, 0.3) is 0 Å². The first kappa shape index (κ1) is 10.3. The van der Waals surface area contributed by atoms with Crippen molar-refractivity contribution >= 4 is 21.5 Å². The van der Waals surface area contributed by atoms with Crippen LogP contribution in [0.5, 0.6) is 0 Å². The van der Waals surface area contributed by atoms with Crippen LogP contribution in [0.4, 0.5) is 0 Å². The first-order chi connectivity index (χ1) is 8.31. The Morgan fingerprint density at radius 1 is 0.765 bits per heavy atom. The van der Waals surface area contributed by atoms with Gasteiger partial charge in [0.1, 0.15) is 0 Å². The molecule has 0 nitrogen and oxygen atoms in total. The molecule has 0 aliphatic heterocycles. The Balaban J connectivity index is 2.61. The van der Waals surface area contributed by atoms with Crippen LogP contribution >= 0.6 is 0 Å². The predicted octanol–water partition coefficient (Wildman–Crippen LogP) is 4.86. The molecular formula is C17H16. The van der Waals surface area contributed by atoms with Crippen molar-refractivity contribution in [3.63, 3.8) is 0 Å². The van der Waals surface area contributed by atoms with Crippen molar-refractivity contribution in [3.05, 3.63) is 59.7 Å². The molecule has 0 heteroatoms. The molecule has 0 atom stereocenters. The van der Waals surface area contributed by atoms with Crippen molar-refractivity contribution in [2.75, 3.05) is 0 Å². The Morgan fingerprint density at radius 2 is 1.41 bits per heavy atom. The number of aryl methyl sites for hydroxylation is 2. The normalized spacial score (nSPS) is 11.2. The van der Waals surface area contributed by atoms with E-state index in [9.17, 15) is 0 Å². The summed E-state index contributed by atoms with van der Waals surface area (Å²) in [7, 11) is 0. The van der Waals surface area contributed by atoms with Gasteiger partial charge in [-0.05, 0) is 46.0 Å². The zero-order chi connectivity index (χ0) is 11.8. The molecule has 0 aliphatic carbocycles. The third kappa shape index (κ3) is 1.52. The second-order valence-corrected chi connectivity index (χ2v) is 4.61. The number of hydrogen-bond acceptors (Lipinski definition) is 0. The largest absolute Gasteiger partial charge is 0.0614 e. The zero-order valence-electron chi connectivity index (χ0n) is 10.3. The van der Waals surface area contributed by atoms with E-state index < -0.39 is 0 Å². The van der Waals surface area contributed by atoms with E-state index in [1.165, 1.54) is 32.7 Å². The standard InChI is InChI=1S/C17H16/c1-3-13-7-5-9-15-11-10-14-8-4-6-12(2)16(14)17(13)15/h4-11H,3H2,1-2H3. The summed E-state index contributed by atoms with van der Waals surface area (Å²) in [5.74, 6) is 0. The third-order valence-electron chi connectivity index (χ3n) is 3.56. The van der Waals surface area contributed by atoms with E-state index in [0.29, 0.717) is 0 Å². The summed E-state index contributed by atoms with van der Waals surface area (Å²) >= 11 is 0. The lowest BCUT2D eigenvalue weighted by molar-refractivity contribution is 1.16. The maximum Gasteiger partial charge on any atom is -0.00707 e. The SMILES string of the molecule is CCc1cccc2ccc3cccc(C)c3c12. The summed E-state index contributed by atoms with van der Waals surface area (Å²) < 4.78 is 0. The van der Waals surface area contributed by atoms with Crippen molar-refractivity contribution in [2.24, 2.45) is 0 Å². The summed E-state index contributed by atoms with van der Waals surface area (Å²) in [5, 5.41) is 5.55. The summed E-state index contributed by atoms with van der Waals surface area (Å²) in [6.07, 6.45) is 1.09. The number of rotatable bonds is 1. The van der Waals surface area contributed by atoms with Gasteiger partial charge in [0.05, 0.1) is 0 Å². The number of hydrogen-bond donors (Lipinski definition) is 0. The van der Waals surface area contributed by atoms with Gasteiger partial charge < -0.3 is 0 Å². The topological polar surface area (TPSA) is 0 Å². The van der Waals surface area contributed by atoms with Crippen LogP contribution in [-0.2, 0) is 6.42 Å². The third-order valence-corrected chi connectivity index (χ3v) is 3.56. The summed E-state index contributed by atoms with van der Waals surface area (Å²) in [5.41, 5.74) is 2.82. The van der Waals surface area contributed by atoms with Crippen LogP contribution in [-0.4, -0.2) is 0 Å². The van der Waals surface area contributed by atoms with Crippen molar-refractivity contribution in [3.8, 4) is 0 Å². The second kappa shape index (κ2) is 3.89. The average Bonchev–Trinajstić information content (AvgIpc) is 2.38. The predicted molar refractivity (Wildman–Crippen MR) is 75.6 cm³/mol. The highest BCUT2D eigenvalue weighted by Crippen LogP contribution is 2.30. The fourth-order valence-corrected chi connectivity index (χ4v) is 2.71. The number of fused-ring (bicyclic) bond motifs is 3. The molecule has 0 aromatic heterocycles. The molecule has 0 amide bonds. The van der Waals surface area contributed by atoms with Crippen LogP contribution in [0.15, 0.2) is 48.5 Å². The van der Waals surface area contributed by atoms with Crippen molar-refractivity contribution < 1.29 is 0 Å². The molecule has 0 N–H and O–H groups in total. The number of benzene rings is 3. The fourth-order valence-electron chi connectivity index (χ4n) is 2.71. The van der Waals surface area contributed by atoms with Gasteiger partial charge in [-0.3, -0.25) is 0 Å². The molecule has 0 aliphatic rings. The van der Waals surface area contributed by atoms with Crippen LogP contribution in [0.25, 0.3) is 21.5 Å². The van der Waals surface area contributed by atoms with Gasteiger partial charge in [-0.1, -0.05) is 55.5 Å². The maximum absolute atomic E-state index is 2.24. The van der Waals surface area contributed by atoms with Gasteiger partial charge in [-0.25, -0.2) is 0 Å². The molecule has 0 spiro atoms. The quantitative estimate of drug-likeness (QED) is 0.513. The molecule has 3 rings (SSSR count). The van der Waals surface area contributed by atoms with Gasteiger partial charge in [-0.15, -0.1) is 0 Å². The fraction of sp³-hybridized carbons (Fsp3) is 0.176. The van der Waals surface area contributed by atoms with Crippen molar-refractivity contribution in [2.45, 2.75) is 20.3 Å². The Bertz CT molecular complexity index is 693. The lowest BCUT2D eigenvalue weighted by Gasteiger charge is -2.10. The summed E-state index contributed by atoms with van der Waals surface area (Å²) in [6, 6.07) is 17.6. The van der Waals surface area contributed by atoms with Crippen molar-refractivity contribution in [1.29, 1.82) is 0 Å². The first-order valence-electron chi connectivity index (χ1n) is 6.21. The summed E-state index contributed by atoms with van der Waals surface area (Å²) in [6.45, 7) is 4.43. The highest BCUT2D eigenvalue weighted by Gasteiger charge is 2.06. The molecule has 0 saturated carbocycles. The molecule has 84 valence electrons. The van der Waals surface area contributed by atoms with Crippen LogP contribution < -0.4 is 0 Å². The lowest BCUT2D eigenvalue weighted by atomic mass is 9.94. The molecule has 3 aromatic carbocycles. The van der Waals surface area contributed by atoms with Gasteiger partial charge in [0, 0.05) is 0 Å². The van der Waals surface area contributed by atoms with E-state index in [2.05, 4.69) is 62.4 Å². The Morgan fingerprint density at radius 3 is 2.12 bits per heavy atom. The van der Waals surface area contributed by atoms with Gasteiger partial charge >= 0.3 is 0 Å². The Kier molecular flexibility index (Phi) is 2.36. The van der Waals surface area contributed by atoms with E-state index in [1.54, 1.807) is 0 Å². The Labute approximate surface area is 102 Å². The minimum Gasteiger partial charge on any atom is -0.0614 e. The second-order valence-electron chi connectivity index (χ2n) is 4.61. The first-order valence-corrected chi connectivity index (χ1v) is 6.21. The minimum absolute atomic E-state index is 1.09. The monoisotopic (exact) mass is 220 g/mol. The van der Waals surface area contributed by atoms with Crippen LogP contribution in [0.1, 0.15) is 18.1 Å². The molecule has 0 heterocycles. The maximum atomic E-state index is 2.24. The molecule has 0 fully saturated rings. The highest BCUT2D eigenvalue weighted by atomic mass is 14.1. The molecule has 0 radical (unpaired) electrons. The molecule has 0 saturated heterocycles. The Hall–Kier alpha value is -1.82. The zero-order valence-corrected chi connectivity index (χ0v) is 10.3. The highest BCUT2D eigenvalue weighted by molar-refractivity contribution is 6.10. The van der Waals surface area contributed by atoms with Gasteiger partial charge in [0.15, 0.2) is 0 Å². The summed E-state index contributed by atoms with van der Waals surface area (Å²) in [4.78, 5) is 0. The van der Waals surface area contributed by atoms with E-state index in [4.69, 9.17) is 0 Å². The molecule has 0 bridgehead atoms. The molecular weight excluding hydrogens is 204 g/mol.